The van der Waals surface area contributed by atoms with Crippen molar-refractivity contribution in [1.82, 2.24) is 5.32 Å². The fourth-order valence-electron chi connectivity index (χ4n) is 1.67. The predicted molar refractivity (Wildman–Crippen MR) is 80.5 cm³/mol. The summed E-state index contributed by atoms with van der Waals surface area (Å²) in [5.74, 6) is 0.672. The highest BCUT2D eigenvalue weighted by molar-refractivity contribution is 5.95. The second kappa shape index (κ2) is 7.09. The standard InChI is InChI=1S/C16H16N2O3/c1-12(19)13-7-9-14(10-8-13)18-16(20)17-11-21-15-5-3-2-4-6-15/h2-10H,11H2,1H3,(H2,17,18,20). The zero-order valence-corrected chi connectivity index (χ0v) is 11.6. The van der Waals surface area contributed by atoms with Crippen molar-refractivity contribution in [2.45, 2.75) is 6.92 Å². The number of Topliss-reactive ketones (excluding diaryl/α,β-unsaturated/α-hetero) is 1. The number of benzene rings is 2. The minimum Gasteiger partial charge on any atom is -0.473 e. The van der Waals surface area contributed by atoms with E-state index < -0.39 is 0 Å². The van der Waals surface area contributed by atoms with Gasteiger partial charge in [-0.05, 0) is 43.3 Å². The Kier molecular flexibility index (Phi) is 4.93. The summed E-state index contributed by atoms with van der Waals surface area (Å²) in [6.45, 7) is 1.57. The molecule has 0 bridgehead atoms. The highest BCUT2D eigenvalue weighted by Crippen LogP contribution is 2.10. The highest BCUT2D eigenvalue weighted by atomic mass is 16.5. The summed E-state index contributed by atoms with van der Waals surface area (Å²) in [5.41, 5.74) is 1.21. The molecule has 2 rings (SSSR count). The fourth-order valence-corrected chi connectivity index (χ4v) is 1.67. The molecule has 5 nitrogen and oxygen atoms in total. The second-order valence-corrected chi connectivity index (χ2v) is 4.37. The second-order valence-electron chi connectivity index (χ2n) is 4.37. The van der Waals surface area contributed by atoms with Gasteiger partial charge >= 0.3 is 6.03 Å². The molecule has 0 aromatic heterocycles. The molecular formula is C16H16N2O3. The number of ketones is 1. The minimum absolute atomic E-state index is 0.0118. The third-order valence-corrected chi connectivity index (χ3v) is 2.76. The first-order chi connectivity index (χ1) is 10.1. The number of carbonyl (C=O) groups excluding carboxylic acids is 2. The number of carbonyl (C=O) groups is 2. The molecule has 0 radical (unpaired) electrons. The lowest BCUT2D eigenvalue weighted by Crippen LogP contribution is -2.31. The van der Waals surface area contributed by atoms with Gasteiger partial charge in [0.15, 0.2) is 12.5 Å². The van der Waals surface area contributed by atoms with E-state index in [9.17, 15) is 9.59 Å². The molecule has 2 aromatic rings. The van der Waals surface area contributed by atoms with E-state index in [1.165, 1.54) is 6.92 Å². The molecule has 0 saturated carbocycles. The summed E-state index contributed by atoms with van der Waals surface area (Å²) in [5, 5.41) is 5.23. The van der Waals surface area contributed by atoms with Crippen LogP contribution in [0.5, 0.6) is 5.75 Å². The van der Waals surface area contributed by atoms with Crippen LogP contribution in [0, 0.1) is 0 Å². The number of hydrogen-bond donors (Lipinski definition) is 2. The van der Waals surface area contributed by atoms with Crippen molar-refractivity contribution in [1.29, 1.82) is 0 Å². The molecule has 2 aromatic carbocycles. The van der Waals surface area contributed by atoms with Gasteiger partial charge in [0.2, 0.25) is 0 Å². The molecule has 5 heteroatoms. The highest BCUT2D eigenvalue weighted by Gasteiger charge is 2.03. The Labute approximate surface area is 122 Å². The summed E-state index contributed by atoms with van der Waals surface area (Å²) in [4.78, 5) is 22.8. The Hall–Kier alpha value is -2.82. The van der Waals surface area contributed by atoms with Crippen molar-refractivity contribution in [3.63, 3.8) is 0 Å². The number of hydrogen-bond acceptors (Lipinski definition) is 3. The van der Waals surface area contributed by atoms with E-state index in [0.717, 1.165) is 0 Å². The molecule has 0 spiro atoms. The number of anilines is 1. The van der Waals surface area contributed by atoms with Gasteiger partial charge in [0.05, 0.1) is 0 Å². The van der Waals surface area contributed by atoms with E-state index in [1.807, 2.05) is 18.2 Å². The number of nitrogens with one attached hydrogen (secondary N) is 2. The van der Waals surface area contributed by atoms with Crippen molar-refractivity contribution < 1.29 is 14.3 Å². The van der Waals surface area contributed by atoms with Crippen LogP contribution in [0.2, 0.25) is 0 Å². The number of rotatable bonds is 5. The third-order valence-electron chi connectivity index (χ3n) is 2.76. The molecule has 0 unspecified atom stereocenters. The first kappa shape index (κ1) is 14.6. The van der Waals surface area contributed by atoms with Crippen molar-refractivity contribution in [3.8, 4) is 5.75 Å². The fraction of sp³-hybridized carbons (Fsp3) is 0.125. The maximum absolute atomic E-state index is 11.7. The molecular weight excluding hydrogens is 268 g/mol. The van der Waals surface area contributed by atoms with Gasteiger partial charge in [0.25, 0.3) is 0 Å². The van der Waals surface area contributed by atoms with Gasteiger partial charge in [-0.1, -0.05) is 18.2 Å². The molecule has 2 N–H and O–H groups in total. The lowest BCUT2D eigenvalue weighted by Gasteiger charge is -2.09. The van der Waals surface area contributed by atoms with Crippen LogP contribution >= 0.6 is 0 Å². The van der Waals surface area contributed by atoms with Gasteiger partial charge < -0.3 is 15.4 Å². The van der Waals surface area contributed by atoms with Crippen molar-refractivity contribution >= 4 is 17.5 Å². The normalized spacial score (nSPS) is 9.76. The van der Waals surface area contributed by atoms with Crippen LogP contribution in [-0.4, -0.2) is 18.5 Å². The number of amides is 2. The monoisotopic (exact) mass is 284 g/mol. The summed E-state index contributed by atoms with van der Waals surface area (Å²) in [7, 11) is 0. The molecule has 0 atom stereocenters. The zero-order valence-electron chi connectivity index (χ0n) is 11.6. The van der Waals surface area contributed by atoms with Crippen LogP contribution in [0.4, 0.5) is 10.5 Å². The molecule has 108 valence electrons. The van der Waals surface area contributed by atoms with Crippen molar-refractivity contribution in [2.24, 2.45) is 0 Å². The lowest BCUT2D eigenvalue weighted by molar-refractivity contribution is 0.101. The molecule has 0 aliphatic heterocycles. The molecule has 21 heavy (non-hydrogen) atoms. The smallest absolute Gasteiger partial charge is 0.321 e. The molecule has 0 saturated heterocycles. The Bertz CT molecular complexity index is 609. The largest absolute Gasteiger partial charge is 0.473 e. The van der Waals surface area contributed by atoms with E-state index in [0.29, 0.717) is 17.0 Å². The molecule has 0 fully saturated rings. The van der Waals surface area contributed by atoms with Crippen molar-refractivity contribution in [3.05, 3.63) is 60.2 Å². The van der Waals surface area contributed by atoms with E-state index in [2.05, 4.69) is 10.6 Å². The lowest BCUT2D eigenvalue weighted by atomic mass is 10.1. The summed E-state index contributed by atoms with van der Waals surface area (Å²) in [6, 6.07) is 15.5. The quantitative estimate of drug-likeness (QED) is 0.655. The van der Waals surface area contributed by atoms with Crippen LogP contribution < -0.4 is 15.4 Å². The van der Waals surface area contributed by atoms with Crippen LogP contribution in [-0.2, 0) is 0 Å². The Morgan fingerprint density at radius 2 is 1.67 bits per heavy atom. The van der Waals surface area contributed by atoms with Crippen molar-refractivity contribution in [2.75, 3.05) is 12.0 Å². The van der Waals surface area contributed by atoms with Crippen LogP contribution in [0.25, 0.3) is 0 Å². The van der Waals surface area contributed by atoms with Crippen LogP contribution in [0.15, 0.2) is 54.6 Å². The summed E-state index contributed by atoms with van der Waals surface area (Å²) in [6.07, 6.45) is 0. The molecule has 0 heterocycles. The van der Waals surface area contributed by atoms with Gasteiger partial charge in [-0.25, -0.2) is 4.79 Å². The van der Waals surface area contributed by atoms with Crippen LogP contribution in [0.3, 0.4) is 0 Å². The van der Waals surface area contributed by atoms with E-state index in [4.69, 9.17) is 4.74 Å². The zero-order chi connectivity index (χ0) is 15.1. The van der Waals surface area contributed by atoms with E-state index in [1.54, 1.807) is 36.4 Å². The Balaban J connectivity index is 1.78. The number of urea groups is 1. The SMILES string of the molecule is CC(=O)c1ccc(NC(=O)NCOc2ccccc2)cc1. The van der Waals surface area contributed by atoms with E-state index >= 15 is 0 Å². The topological polar surface area (TPSA) is 67.4 Å². The maximum Gasteiger partial charge on any atom is 0.321 e. The van der Waals surface area contributed by atoms with Gasteiger partial charge in [-0.3, -0.25) is 4.79 Å². The maximum atomic E-state index is 11.7. The first-order valence-electron chi connectivity index (χ1n) is 6.49. The Morgan fingerprint density at radius 1 is 1.00 bits per heavy atom. The molecule has 0 aliphatic carbocycles. The third kappa shape index (κ3) is 4.65. The van der Waals surface area contributed by atoms with Gasteiger partial charge in [-0.15, -0.1) is 0 Å². The molecule has 0 aliphatic rings. The Morgan fingerprint density at radius 3 is 2.29 bits per heavy atom. The predicted octanol–water partition coefficient (Wildman–Crippen LogP) is 3.05. The first-order valence-corrected chi connectivity index (χ1v) is 6.49. The summed E-state index contributed by atoms with van der Waals surface area (Å²) < 4.78 is 5.35. The van der Waals surface area contributed by atoms with Gasteiger partial charge in [0.1, 0.15) is 5.75 Å². The number of ether oxygens (including phenoxy) is 1. The van der Waals surface area contributed by atoms with Gasteiger partial charge in [-0.2, -0.15) is 0 Å². The van der Waals surface area contributed by atoms with Gasteiger partial charge in [0, 0.05) is 11.3 Å². The number of para-hydroxylation sites is 1. The summed E-state index contributed by atoms with van der Waals surface area (Å²) >= 11 is 0. The average Bonchev–Trinajstić information content (AvgIpc) is 2.49. The average molecular weight is 284 g/mol. The minimum atomic E-state index is -0.374. The van der Waals surface area contributed by atoms with E-state index in [-0.39, 0.29) is 18.5 Å². The molecule has 2 amide bonds. The van der Waals surface area contributed by atoms with Crippen LogP contribution in [0.1, 0.15) is 17.3 Å².